The topological polar surface area (TPSA) is 12.0 Å². The van der Waals surface area contributed by atoms with Gasteiger partial charge in [-0.25, -0.2) is 0 Å². The van der Waals surface area contributed by atoms with Gasteiger partial charge in [-0.2, -0.15) is 0 Å². The molecule has 0 aliphatic carbocycles. The molecule has 0 spiro atoms. The molecular formula is C10H19N. The Hall–Kier alpha value is -0.480. The lowest BCUT2D eigenvalue weighted by atomic mass is 10.1. The van der Waals surface area contributed by atoms with Gasteiger partial charge in [0.15, 0.2) is 0 Å². The highest BCUT2D eigenvalue weighted by Gasteiger charge is 2.06. The molecule has 0 amide bonds. The maximum absolute atomic E-state index is 3.41. The van der Waals surface area contributed by atoms with Crippen molar-refractivity contribution in [3.63, 3.8) is 0 Å². The normalized spacial score (nSPS) is 10.5. The summed E-state index contributed by atoms with van der Waals surface area (Å²) in [5, 5.41) is 3.41. The van der Waals surface area contributed by atoms with E-state index in [4.69, 9.17) is 0 Å². The van der Waals surface area contributed by atoms with Crippen LogP contribution in [0.1, 0.15) is 40.5 Å². The lowest BCUT2D eigenvalue weighted by molar-refractivity contribution is 0.424. The third-order valence-corrected chi connectivity index (χ3v) is 1.31. The zero-order chi connectivity index (χ0) is 8.74. The zero-order valence-electron chi connectivity index (χ0n) is 8.12. The SMILES string of the molecule is CC#CCCCNC(C)(C)C. The zero-order valence-corrected chi connectivity index (χ0v) is 8.12. The van der Waals surface area contributed by atoms with E-state index in [1.807, 2.05) is 6.92 Å². The molecule has 0 aromatic heterocycles. The quantitative estimate of drug-likeness (QED) is 0.484. The number of hydrogen-bond acceptors (Lipinski definition) is 1. The molecule has 0 saturated heterocycles. The van der Waals surface area contributed by atoms with Gasteiger partial charge in [-0.3, -0.25) is 0 Å². The summed E-state index contributed by atoms with van der Waals surface area (Å²) in [7, 11) is 0. The summed E-state index contributed by atoms with van der Waals surface area (Å²) in [6.45, 7) is 9.49. The van der Waals surface area contributed by atoms with Crippen molar-refractivity contribution in [1.82, 2.24) is 5.32 Å². The molecule has 0 aromatic carbocycles. The van der Waals surface area contributed by atoms with Crippen LogP contribution in [0.15, 0.2) is 0 Å². The Morgan fingerprint density at radius 3 is 2.36 bits per heavy atom. The van der Waals surface area contributed by atoms with Gasteiger partial charge in [0.2, 0.25) is 0 Å². The molecule has 0 rings (SSSR count). The van der Waals surface area contributed by atoms with Crippen molar-refractivity contribution in [3.8, 4) is 11.8 Å². The summed E-state index contributed by atoms with van der Waals surface area (Å²) in [4.78, 5) is 0. The second kappa shape index (κ2) is 5.21. The number of rotatable bonds is 3. The molecule has 0 unspecified atom stereocenters. The molecule has 1 heteroatoms. The van der Waals surface area contributed by atoms with Crippen molar-refractivity contribution in [3.05, 3.63) is 0 Å². The van der Waals surface area contributed by atoms with Gasteiger partial charge in [0, 0.05) is 12.0 Å². The minimum Gasteiger partial charge on any atom is -0.312 e. The average molecular weight is 153 g/mol. The van der Waals surface area contributed by atoms with Gasteiger partial charge in [0.05, 0.1) is 0 Å². The lowest BCUT2D eigenvalue weighted by Crippen LogP contribution is -2.36. The van der Waals surface area contributed by atoms with Gasteiger partial charge in [-0.1, -0.05) is 0 Å². The van der Waals surface area contributed by atoms with E-state index in [9.17, 15) is 0 Å². The third-order valence-electron chi connectivity index (χ3n) is 1.31. The molecule has 0 aliphatic rings. The monoisotopic (exact) mass is 153 g/mol. The van der Waals surface area contributed by atoms with Crippen LogP contribution in [0.2, 0.25) is 0 Å². The maximum atomic E-state index is 3.41. The molecule has 11 heavy (non-hydrogen) atoms. The summed E-state index contributed by atoms with van der Waals surface area (Å²) in [6, 6.07) is 0. The third kappa shape index (κ3) is 9.52. The highest BCUT2D eigenvalue weighted by Crippen LogP contribution is 1.98. The second-order valence-electron chi connectivity index (χ2n) is 3.71. The highest BCUT2D eigenvalue weighted by molar-refractivity contribution is 4.94. The maximum Gasteiger partial charge on any atom is 0.0101 e. The molecule has 0 bridgehead atoms. The first-order valence-electron chi connectivity index (χ1n) is 4.21. The predicted octanol–water partition coefficient (Wildman–Crippen LogP) is 2.18. The van der Waals surface area contributed by atoms with E-state index >= 15 is 0 Å². The van der Waals surface area contributed by atoms with Gasteiger partial charge < -0.3 is 5.32 Å². The van der Waals surface area contributed by atoms with Crippen LogP contribution in [0.4, 0.5) is 0 Å². The van der Waals surface area contributed by atoms with Gasteiger partial charge in [0.25, 0.3) is 0 Å². The summed E-state index contributed by atoms with van der Waals surface area (Å²) in [5.74, 6) is 5.93. The Kier molecular flexibility index (Phi) is 4.98. The van der Waals surface area contributed by atoms with Gasteiger partial charge >= 0.3 is 0 Å². The summed E-state index contributed by atoms with van der Waals surface area (Å²) in [6.07, 6.45) is 2.16. The highest BCUT2D eigenvalue weighted by atomic mass is 14.9. The van der Waals surface area contributed by atoms with Crippen molar-refractivity contribution < 1.29 is 0 Å². The summed E-state index contributed by atoms with van der Waals surface area (Å²) in [5.41, 5.74) is 0.250. The molecule has 0 aliphatic heterocycles. The van der Waals surface area contributed by atoms with E-state index < -0.39 is 0 Å². The fourth-order valence-corrected chi connectivity index (χ4v) is 0.765. The minimum absolute atomic E-state index is 0.250. The fraction of sp³-hybridized carbons (Fsp3) is 0.800. The van der Waals surface area contributed by atoms with E-state index in [1.54, 1.807) is 0 Å². The van der Waals surface area contributed by atoms with Gasteiger partial charge in [0.1, 0.15) is 0 Å². The Morgan fingerprint density at radius 1 is 1.27 bits per heavy atom. The Bertz CT molecular complexity index is 142. The smallest absolute Gasteiger partial charge is 0.0101 e. The standard InChI is InChI=1S/C10H19N/c1-5-6-7-8-9-11-10(2,3)4/h11H,7-9H2,1-4H3. The molecule has 0 aromatic rings. The van der Waals surface area contributed by atoms with E-state index in [0.717, 1.165) is 19.4 Å². The van der Waals surface area contributed by atoms with Crippen molar-refractivity contribution in [2.45, 2.75) is 46.1 Å². The number of nitrogens with one attached hydrogen (secondary N) is 1. The van der Waals surface area contributed by atoms with Crippen LogP contribution in [0, 0.1) is 11.8 Å². The van der Waals surface area contributed by atoms with E-state index in [1.165, 1.54) is 0 Å². The molecular weight excluding hydrogens is 134 g/mol. The predicted molar refractivity (Wildman–Crippen MR) is 50.4 cm³/mol. The largest absolute Gasteiger partial charge is 0.312 e. The summed E-state index contributed by atoms with van der Waals surface area (Å²) >= 11 is 0. The Morgan fingerprint density at radius 2 is 1.91 bits per heavy atom. The Labute approximate surface area is 70.6 Å². The van der Waals surface area contributed by atoms with E-state index in [0.29, 0.717) is 0 Å². The second-order valence-corrected chi connectivity index (χ2v) is 3.71. The van der Waals surface area contributed by atoms with Crippen LogP contribution in [0.25, 0.3) is 0 Å². The van der Waals surface area contributed by atoms with E-state index in [2.05, 4.69) is 37.9 Å². The molecule has 0 radical (unpaired) electrons. The van der Waals surface area contributed by atoms with Crippen LogP contribution in [-0.4, -0.2) is 12.1 Å². The molecule has 1 nitrogen and oxygen atoms in total. The van der Waals surface area contributed by atoms with E-state index in [-0.39, 0.29) is 5.54 Å². The van der Waals surface area contributed by atoms with Crippen molar-refractivity contribution in [2.24, 2.45) is 0 Å². The first-order valence-corrected chi connectivity index (χ1v) is 4.21. The van der Waals surface area contributed by atoms with Crippen LogP contribution >= 0.6 is 0 Å². The molecule has 0 heterocycles. The molecule has 64 valence electrons. The van der Waals surface area contributed by atoms with Crippen molar-refractivity contribution >= 4 is 0 Å². The molecule has 0 fully saturated rings. The average Bonchev–Trinajstić information content (AvgIpc) is 1.85. The minimum atomic E-state index is 0.250. The van der Waals surface area contributed by atoms with Crippen LogP contribution < -0.4 is 5.32 Å². The van der Waals surface area contributed by atoms with Crippen molar-refractivity contribution in [2.75, 3.05) is 6.54 Å². The van der Waals surface area contributed by atoms with Crippen molar-refractivity contribution in [1.29, 1.82) is 0 Å². The summed E-state index contributed by atoms with van der Waals surface area (Å²) < 4.78 is 0. The molecule has 1 N–H and O–H groups in total. The molecule has 0 saturated carbocycles. The first-order chi connectivity index (χ1) is 5.06. The Balaban J connectivity index is 3.19. The van der Waals surface area contributed by atoms with Gasteiger partial charge in [-0.15, -0.1) is 11.8 Å². The number of unbranched alkanes of at least 4 members (excludes halogenated alkanes) is 1. The lowest BCUT2D eigenvalue weighted by Gasteiger charge is -2.19. The molecule has 0 atom stereocenters. The fourth-order valence-electron chi connectivity index (χ4n) is 0.765. The first kappa shape index (κ1) is 10.5. The van der Waals surface area contributed by atoms with Crippen LogP contribution in [0.5, 0.6) is 0 Å². The van der Waals surface area contributed by atoms with Gasteiger partial charge in [-0.05, 0) is 40.7 Å². The van der Waals surface area contributed by atoms with Crippen LogP contribution in [-0.2, 0) is 0 Å². The number of hydrogen-bond donors (Lipinski definition) is 1. The van der Waals surface area contributed by atoms with Crippen LogP contribution in [0.3, 0.4) is 0 Å².